The first-order chi connectivity index (χ1) is 9.31. The zero-order valence-electron chi connectivity index (χ0n) is 10.3. The molecule has 92 valence electrons. The van der Waals surface area contributed by atoms with Crippen molar-refractivity contribution in [2.45, 2.75) is 0 Å². The van der Waals surface area contributed by atoms with Crippen LogP contribution < -0.4 is 0 Å². The number of rotatable bonds is 2. The van der Waals surface area contributed by atoms with Crippen molar-refractivity contribution in [1.82, 2.24) is 4.98 Å². The van der Waals surface area contributed by atoms with Crippen LogP contribution in [-0.2, 0) is 0 Å². The second-order valence-corrected chi connectivity index (χ2v) is 4.79. The average Bonchev–Trinajstić information content (AvgIpc) is 2.45. The van der Waals surface area contributed by atoms with Crippen LogP contribution in [0.4, 0.5) is 0 Å². The van der Waals surface area contributed by atoms with Crippen LogP contribution >= 0.6 is 11.6 Å². The van der Waals surface area contributed by atoms with Crippen LogP contribution in [0.3, 0.4) is 0 Å². The van der Waals surface area contributed by atoms with Gasteiger partial charge < -0.3 is 0 Å². The third kappa shape index (κ3) is 2.83. The average molecular weight is 266 g/mol. The fourth-order valence-electron chi connectivity index (χ4n) is 1.98. The summed E-state index contributed by atoms with van der Waals surface area (Å²) in [5.74, 6) is 0. The Bertz CT molecular complexity index is 747. The summed E-state index contributed by atoms with van der Waals surface area (Å²) < 4.78 is 0. The lowest BCUT2D eigenvalue weighted by Gasteiger charge is -1.99. The molecule has 1 aromatic heterocycles. The molecule has 0 N–H and O–H groups in total. The Morgan fingerprint density at radius 2 is 1.68 bits per heavy atom. The number of pyridine rings is 1. The van der Waals surface area contributed by atoms with Crippen molar-refractivity contribution >= 4 is 34.7 Å². The van der Waals surface area contributed by atoms with Crippen molar-refractivity contribution in [3.63, 3.8) is 0 Å². The topological polar surface area (TPSA) is 12.9 Å². The van der Waals surface area contributed by atoms with E-state index >= 15 is 0 Å². The van der Waals surface area contributed by atoms with Gasteiger partial charge in [-0.05, 0) is 35.4 Å². The van der Waals surface area contributed by atoms with E-state index in [-0.39, 0.29) is 0 Å². The molecule has 0 saturated carbocycles. The summed E-state index contributed by atoms with van der Waals surface area (Å²) in [6, 6.07) is 18.0. The number of hydrogen-bond donors (Lipinski definition) is 0. The predicted octanol–water partition coefficient (Wildman–Crippen LogP) is 5.06. The Hall–Kier alpha value is -2.12. The van der Waals surface area contributed by atoms with Crippen molar-refractivity contribution in [3.05, 3.63) is 76.9 Å². The first-order valence-electron chi connectivity index (χ1n) is 6.10. The van der Waals surface area contributed by atoms with Gasteiger partial charge in [0.25, 0.3) is 0 Å². The molecule has 0 aliphatic heterocycles. The molecule has 0 fully saturated rings. The molecule has 0 atom stereocenters. The number of para-hydroxylation sites is 1. The molecule has 3 aromatic rings. The highest BCUT2D eigenvalue weighted by Crippen LogP contribution is 2.16. The van der Waals surface area contributed by atoms with Crippen LogP contribution in [0.1, 0.15) is 11.1 Å². The second kappa shape index (κ2) is 5.25. The zero-order valence-corrected chi connectivity index (χ0v) is 11.0. The monoisotopic (exact) mass is 265 g/mol. The normalized spacial score (nSPS) is 11.2. The minimum absolute atomic E-state index is 0.749. The molecule has 2 heteroatoms. The first kappa shape index (κ1) is 11.9. The fourth-order valence-corrected chi connectivity index (χ4v) is 2.18. The Labute approximate surface area is 117 Å². The van der Waals surface area contributed by atoms with Gasteiger partial charge in [0, 0.05) is 16.6 Å². The predicted molar refractivity (Wildman–Crippen MR) is 82.1 cm³/mol. The van der Waals surface area contributed by atoms with E-state index in [4.69, 9.17) is 11.6 Å². The molecule has 2 aromatic carbocycles. The van der Waals surface area contributed by atoms with E-state index in [0.717, 1.165) is 27.1 Å². The molecule has 0 aliphatic rings. The van der Waals surface area contributed by atoms with E-state index in [1.807, 2.05) is 60.8 Å². The summed E-state index contributed by atoms with van der Waals surface area (Å²) in [6.07, 6.45) is 5.96. The largest absolute Gasteiger partial charge is 0.256 e. The van der Waals surface area contributed by atoms with Crippen LogP contribution in [0, 0.1) is 0 Å². The molecular formula is C17H12ClN. The number of hydrogen-bond acceptors (Lipinski definition) is 1. The quantitative estimate of drug-likeness (QED) is 0.631. The maximum Gasteiger partial charge on any atom is 0.0702 e. The van der Waals surface area contributed by atoms with Gasteiger partial charge in [-0.1, -0.05) is 54.1 Å². The highest BCUT2D eigenvalue weighted by molar-refractivity contribution is 6.30. The molecule has 1 heterocycles. The first-order valence-corrected chi connectivity index (χ1v) is 6.47. The van der Waals surface area contributed by atoms with Crippen molar-refractivity contribution in [2.24, 2.45) is 0 Å². The molecule has 19 heavy (non-hydrogen) atoms. The third-order valence-electron chi connectivity index (χ3n) is 2.93. The summed E-state index contributed by atoms with van der Waals surface area (Å²) in [6.45, 7) is 0. The fraction of sp³-hybridized carbons (Fsp3) is 0. The molecule has 0 spiro atoms. The SMILES string of the molecule is Clc1cccc(/C=C/c2cnc3ccccc3c2)c1. The summed E-state index contributed by atoms with van der Waals surface area (Å²) in [7, 11) is 0. The molecule has 0 saturated heterocycles. The van der Waals surface area contributed by atoms with E-state index in [2.05, 4.69) is 17.1 Å². The number of aromatic nitrogens is 1. The minimum atomic E-state index is 0.749. The van der Waals surface area contributed by atoms with Gasteiger partial charge in [-0.25, -0.2) is 0 Å². The van der Waals surface area contributed by atoms with Crippen LogP contribution in [-0.4, -0.2) is 4.98 Å². The van der Waals surface area contributed by atoms with Gasteiger partial charge in [0.15, 0.2) is 0 Å². The molecule has 0 amide bonds. The van der Waals surface area contributed by atoms with Gasteiger partial charge in [-0.15, -0.1) is 0 Å². The molecular weight excluding hydrogens is 254 g/mol. The van der Waals surface area contributed by atoms with Crippen LogP contribution in [0.25, 0.3) is 23.1 Å². The Morgan fingerprint density at radius 3 is 2.58 bits per heavy atom. The number of nitrogens with zero attached hydrogens (tertiary/aromatic N) is 1. The summed E-state index contributed by atoms with van der Waals surface area (Å²) in [5.41, 5.74) is 3.18. The highest BCUT2D eigenvalue weighted by Gasteiger charge is 1.94. The van der Waals surface area contributed by atoms with Crippen LogP contribution in [0.15, 0.2) is 60.8 Å². The minimum Gasteiger partial charge on any atom is -0.256 e. The lowest BCUT2D eigenvalue weighted by atomic mass is 10.1. The van der Waals surface area contributed by atoms with Crippen LogP contribution in [0.5, 0.6) is 0 Å². The standard InChI is InChI=1S/C17H12ClN/c18-16-6-3-4-13(11-16)8-9-14-10-15-5-1-2-7-17(15)19-12-14/h1-12H/b9-8+. The zero-order chi connectivity index (χ0) is 13.1. The Morgan fingerprint density at radius 1 is 0.842 bits per heavy atom. The van der Waals surface area contributed by atoms with Gasteiger partial charge in [0.1, 0.15) is 0 Å². The van der Waals surface area contributed by atoms with Crippen molar-refractivity contribution in [3.8, 4) is 0 Å². The number of fused-ring (bicyclic) bond motifs is 1. The van der Waals surface area contributed by atoms with Crippen molar-refractivity contribution in [2.75, 3.05) is 0 Å². The van der Waals surface area contributed by atoms with E-state index in [9.17, 15) is 0 Å². The van der Waals surface area contributed by atoms with Gasteiger partial charge >= 0.3 is 0 Å². The second-order valence-electron chi connectivity index (χ2n) is 4.35. The molecule has 0 unspecified atom stereocenters. The summed E-state index contributed by atoms with van der Waals surface area (Å²) >= 11 is 5.96. The van der Waals surface area contributed by atoms with E-state index < -0.39 is 0 Å². The Balaban J connectivity index is 1.92. The maximum atomic E-state index is 5.96. The third-order valence-corrected chi connectivity index (χ3v) is 3.16. The lowest BCUT2D eigenvalue weighted by Crippen LogP contribution is -1.80. The maximum absolute atomic E-state index is 5.96. The van der Waals surface area contributed by atoms with Gasteiger partial charge in [0.05, 0.1) is 5.52 Å². The highest BCUT2D eigenvalue weighted by atomic mass is 35.5. The van der Waals surface area contributed by atoms with Crippen LogP contribution in [0.2, 0.25) is 5.02 Å². The summed E-state index contributed by atoms with van der Waals surface area (Å²) in [5, 5.41) is 1.90. The van der Waals surface area contributed by atoms with Gasteiger partial charge in [-0.3, -0.25) is 4.98 Å². The van der Waals surface area contributed by atoms with E-state index in [1.165, 1.54) is 0 Å². The molecule has 0 bridgehead atoms. The number of halogens is 1. The van der Waals surface area contributed by atoms with E-state index in [0.29, 0.717) is 0 Å². The number of benzene rings is 2. The van der Waals surface area contributed by atoms with Crippen molar-refractivity contribution < 1.29 is 0 Å². The van der Waals surface area contributed by atoms with Gasteiger partial charge in [-0.2, -0.15) is 0 Å². The molecule has 3 rings (SSSR count). The summed E-state index contributed by atoms with van der Waals surface area (Å²) in [4.78, 5) is 4.43. The lowest BCUT2D eigenvalue weighted by molar-refractivity contribution is 1.40. The molecule has 1 nitrogen and oxygen atoms in total. The van der Waals surface area contributed by atoms with E-state index in [1.54, 1.807) is 0 Å². The molecule has 0 radical (unpaired) electrons. The van der Waals surface area contributed by atoms with Gasteiger partial charge in [0.2, 0.25) is 0 Å². The Kier molecular flexibility index (Phi) is 3.30. The smallest absolute Gasteiger partial charge is 0.0702 e. The van der Waals surface area contributed by atoms with Crippen molar-refractivity contribution in [1.29, 1.82) is 0 Å². The molecule has 0 aliphatic carbocycles.